The van der Waals surface area contributed by atoms with Crippen LogP contribution in [-0.4, -0.2) is 20.8 Å². The number of benzene rings is 3. The number of fused-ring (bicyclic) bond motifs is 1. The minimum atomic E-state index is -0.463. The maximum Gasteiger partial charge on any atom is 0.269 e. The zero-order valence-electron chi connectivity index (χ0n) is 15.2. The summed E-state index contributed by atoms with van der Waals surface area (Å²) in [5.74, 6) is 0.355. The van der Waals surface area contributed by atoms with Gasteiger partial charge in [0.1, 0.15) is 5.82 Å². The molecule has 3 aromatic carbocycles. The first kappa shape index (κ1) is 18.1. The molecule has 1 heterocycles. The van der Waals surface area contributed by atoms with Gasteiger partial charge in [0.05, 0.1) is 21.6 Å². The summed E-state index contributed by atoms with van der Waals surface area (Å²) in [6.45, 7) is 0. The first-order valence-corrected chi connectivity index (χ1v) is 8.88. The monoisotopic (exact) mass is 384 g/mol. The molecule has 7 nitrogen and oxygen atoms in total. The number of nitro groups is 1. The summed E-state index contributed by atoms with van der Waals surface area (Å²) >= 11 is 0. The van der Waals surface area contributed by atoms with Gasteiger partial charge >= 0.3 is 0 Å². The summed E-state index contributed by atoms with van der Waals surface area (Å²) in [6.07, 6.45) is 2.99. The van der Waals surface area contributed by atoms with E-state index in [1.165, 1.54) is 18.2 Å². The van der Waals surface area contributed by atoms with Crippen LogP contribution in [0.25, 0.3) is 28.5 Å². The number of hydrogen-bond donors (Lipinski definition) is 2. The molecule has 1 aromatic heterocycles. The normalized spacial score (nSPS) is 11.0. The Labute approximate surface area is 165 Å². The number of carbonyl (C=O) groups excluding carboxylic acids is 1. The molecule has 4 aromatic rings. The van der Waals surface area contributed by atoms with Gasteiger partial charge in [-0.2, -0.15) is 0 Å². The van der Waals surface area contributed by atoms with Crippen LogP contribution in [0.3, 0.4) is 0 Å². The van der Waals surface area contributed by atoms with Crippen LogP contribution in [0.2, 0.25) is 0 Å². The predicted molar refractivity (Wildman–Crippen MR) is 112 cm³/mol. The van der Waals surface area contributed by atoms with Crippen molar-refractivity contribution in [3.8, 4) is 11.4 Å². The van der Waals surface area contributed by atoms with Crippen molar-refractivity contribution in [3.63, 3.8) is 0 Å². The highest BCUT2D eigenvalue weighted by atomic mass is 16.6. The van der Waals surface area contributed by atoms with Crippen LogP contribution in [0.5, 0.6) is 0 Å². The molecule has 0 aliphatic rings. The molecular weight excluding hydrogens is 368 g/mol. The third kappa shape index (κ3) is 4.03. The van der Waals surface area contributed by atoms with Gasteiger partial charge in [0.15, 0.2) is 0 Å². The number of rotatable bonds is 5. The lowest BCUT2D eigenvalue weighted by molar-refractivity contribution is -0.384. The zero-order valence-corrected chi connectivity index (χ0v) is 15.2. The van der Waals surface area contributed by atoms with E-state index in [1.807, 2.05) is 42.5 Å². The summed E-state index contributed by atoms with van der Waals surface area (Å²) in [5.41, 5.74) is 3.87. The number of aromatic amines is 1. The molecule has 4 rings (SSSR count). The van der Waals surface area contributed by atoms with Gasteiger partial charge in [-0.3, -0.25) is 14.9 Å². The van der Waals surface area contributed by atoms with Crippen LogP contribution in [0.4, 0.5) is 11.4 Å². The van der Waals surface area contributed by atoms with E-state index in [2.05, 4.69) is 15.3 Å². The Morgan fingerprint density at radius 3 is 2.48 bits per heavy atom. The minimum absolute atomic E-state index is 0.00589. The molecular formula is C22H16N4O3. The van der Waals surface area contributed by atoms with Gasteiger partial charge in [0.25, 0.3) is 5.69 Å². The van der Waals surface area contributed by atoms with Crippen molar-refractivity contribution in [1.29, 1.82) is 0 Å². The molecule has 0 spiro atoms. The van der Waals surface area contributed by atoms with Crippen molar-refractivity contribution in [2.75, 3.05) is 5.32 Å². The third-order valence-electron chi connectivity index (χ3n) is 4.36. The van der Waals surface area contributed by atoms with E-state index in [1.54, 1.807) is 24.3 Å². The highest BCUT2D eigenvalue weighted by molar-refractivity contribution is 6.04. The van der Waals surface area contributed by atoms with Crippen molar-refractivity contribution < 1.29 is 9.72 Å². The van der Waals surface area contributed by atoms with E-state index in [9.17, 15) is 14.9 Å². The van der Waals surface area contributed by atoms with Gasteiger partial charge in [-0.1, -0.05) is 24.3 Å². The number of carbonyl (C=O) groups is 1. The van der Waals surface area contributed by atoms with Crippen molar-refractivity contribution in [2.24, 2.45) is 0 Å². The van der Waals surface area contributed by atoms with Gasteiger partial charge in [0, 0.05) is 23.8 Å². The van der Waals surface area contributed by atoms with E-state index >= 15 is 0 Å². The number of nitrogens with zero attached hydrogens (tertiary/aromatic N) is 2. The van der Waals surface area contributed by atoms with Crippen LogP contribution in [0.15, 0.2) is 78.9 Å². The van der Waals surface area contributed by atoms with Crippen molar-refractivity contribution >= 4 is 34.4 Å². The molecule has 1 amide bonds. The van der Waals surface area contributed by atoms with Gasteiger partial charge in [-0.25, -0.2) is 4.98 Å². The topological polar surface area (TPSA) is 101 Å². The molecule has 0 unspecified atom stereocenters. The molecule has 7 heteroatoms. The van der Waals surface area contributed by atoms with E-state index in [0.29, 0.717) is 17.1 Å². The van der Waals surface area contributed by atoms with Crippen molar-refractivity contribution in [2.45, 2.75) is 0 Å². The number of nitrogens with one attached hydrogen (secondary N) is 2. The molecule has 0 atom stereocenters. The highest BCUT2D eigenvalue weighted by Crippen LogP contribution is 2.27. The summed E-state index contributed by atoms with van der Waals surface area (Å²) in [5, 5.41) is 13.6. The van der Waals surface area contributed by atoms with Crippen molar-refractivity contribution in [3.05, 3.63) is 94.6 Å². The van der Waals surface area contributed by atoms with E-state index in [0.717, 1.165) is 16.6 Å². The molecule has 0 saturated carbocycles. The Kier molecular flexibility index (Phi) is 4.86. The van der Waals surface area contributed by atoms with Gasteiger partial charge < -0.3 is 10.3 Å². The van der Waals surface area contributed by atoms with Crippen molar-refractivity contribution in [1.82, 2.24) is 9.97 Å². The van der Waals surface area contributed by atoms with E-state index < -0.39 is 4.92 Å². The summed E-state index contributed by atoms with van der Waals surface area (Å²) < 4.78 is 0. The summed E-state index contributed by atoms with van der Waals surface area (Å²) in [6, 6.07) is 21.1. The van der Waals surface area contributed by atoms with Crippen LogP contribution in [0, 0.1) is 10.1 Å². The third-order valence-corrected chi connectivity index (χ3v) is 4.36. The lowest BCUT2D eigenvalue weighted by Crippen LogP contribution is -2.08. The lowest BCUT2D eigenvalue weighted by Gasteiger charge is -2.07. The number of H-pyrrole nitrogens is 1. The Bertz CT molecular complexity index is 1190. The number of hydrogen-bond acceptors (Lipinski definition) is 4. The molecule has 0 fully saturated rings. The molecule has 0 radical (unpaired) electrons. The maximum atomic E-state index is 12.4. The fourth-order valence-corrected chi connectivity index (χ4v) is 2.93. The van der Waals surface area contributed by atoms with Crippen LogP contribution < -0.4 is 5.32 Å². The molecule has 142 valence electrons. The second-order valence-electron chi connectivity index (χ2n) is 6.32. The van der Waals surface area contributed by atoms with Crippen LogP contribution >= 0.6 is 0 Å². The first-order chi connectivity index (χ1) is 14.1. The number of para-hydroxylation sites is 3. The fourth-order valence-electron chi connectivity index (χ4n) is 2.93. The number of nitro benzene ring substituents is 1. The SMILES string of the molecule is O=C(/C=C/c1ccc([N+](=O)[O-])cc1)Nc1ccccc1-c1nc2ccccc2[nH]1. The Morgan fingerprint density at radius 2 is 1.72 bits per heavy atom. The maximum absolute atomic E-state index is 12.4. The number of non-ortho nitro benzene ring substituents is 1. The molecule has 0 bridgehead atoms. The van der Waals surface area contributed by atoms with Gasteiger partial charge in [0.2, 0.25) is 5.91 Å². The quantitative estimate of drug-likeness (QED) is 0.293. The Balaban J connectivity index is 1.53. The van der Waals surface area contributed by atoms with Gasteiger partial charge in [-0.15, -0.1) is 0 Å². The number of amides is 1. The summed E-state index contributed by atoms with van der Waals surface area (Å²) in [4.78, 5) is 30.5. The summed E-state index contributed by atoms with van der Waals surface area (Å²) in [7, 11) is 0. The molecule has 0 aliphatic heterocycles. The second-order valence-corrected chi connectivity index (χ2v) is 6.32. The first-order valence-electron chi connectivity index (χ1n) is 8.88. The van der Waals surface area contributed by atoms with Crippen LogP contribution in [0.1, 0.15) is 5.56 Å². The van der Waals surface area contributed by atoms with E-state index in [4.69, 9.17) is 0 Å². The lowest BCUT2D eigenvalue weighted by atomic mass is 10.1. The van der Waals surface area contributed by atoms with Gasteiger partial charge in [-0.05, 0) is 48.0 Å². The minimum Gasteiger partial charge on any atom is -0.338 e. The molecule has 29 heavy (non-hydrogen) atoms. The molecule has 0 saturated heterocycles. The fraction of sp³-hybridized carbons (Fsp3) is 0. The predicted octanol–water partition coefficient (Wildman–Crippen LogP) is 4.79. The zero-order chi connectivity index (χ0) is 20.2. The molecule has 0 aliphatic carbocycles. The highest BCUT2D eigenvalue weighted by Gasteiger charge is 2.11. The average Bonchev–Trinajstić information content (AvgIpc) is 3.17. The number of anilines is 1. The number of imidazole rings is 1. The average molecular weight is 384 g/mol. The van der Waals surface area contributed by atoms with Crippen LogP contribution in [-0.2, 0) is 4.79 Å². The smallest absolute Gasteiger partial charge is 0.269 e. The van der Waals surface area contributed by atoms with E-state index in [-0.39, 0.29) is 11.6 Å². The number of aromatic nitrogens is 2. The Hall–Kier alpha value is -4.26. The second kappa shape index (κ2) is 7.77. The Morgan fingerprint density at radius 1 is 1.00 bits per heavy atom. The molecule has 2 N–H and O–H groups in total. The standard InChI is InChI=1S/C22H16N4O3/c27-21(14-11-15-9-12-16(13-10-15)26(28)29)23-18-6-2-1-5-17(18)22-24-19-7-3-4-8-20(19)25-22/h1-14H,(H,23,27)(H,24,25)/b14-11+. The largest absolute Gasteiger partial charge is 0.338 e.